The number of amides is 1. The Morgan fingerprint density at radius 2 is 1.91 bits per heavy atom. The number of carbonyl (C=O) groups is 2. The number of hydrogen-bond donors (Lipinski definition) is 0. The molecule has 2 aromatic carbocycles. The summed E-state index contributed by atoms with van der Waals surface area (Å²) in [7, 11) is 1.32. The molecule has 5 nitrogen and oxygen atoms in total. The van der Waals surface area contributed by atoms with Crippen LogP contribution in [-0.4, -0.2) is 24.7 Å². The molecule has 5 heteroatoms. The summed E-state index contributed by atoms with van der Waals surface area (Å²) >= 11 is 0. The smallest absolute Gasteiger partial charge is 0.337 e. The average molecular weight is 294 g/mol. The van der Waals surface area contributed by atoms with Gasteiger partial charge in [0.05, 0.1) is 30.5 Å². The van der Waals surface area contributed by atoms with E-state index in [0.29, 0.717) is 17.0 Å². The van der Waals surface area contributed by atoms with Crippen LogP contribution in [0.15, 0.2) is 59.7 Å². The third kappa shape index (κ3) is 2.61. The van der Waals surface area contributed by atoms with E-state index in [-0.39, 0.29) is 12.3 Å². The van der Waals surface area contributed by atoms with Crippen LogP contribution in [-0.2, 0) is 9.53 Å². The van der Waals surface area contributed by atoms with Crippen molar-refractivity contribution in [2.45, 2.75) is 6.42 Å². The minimum atomic E-state index is -0.444. The molecule has 0 aliphatic carbocycles. The number of hydrogen-bond acceptors (Lipinski definition) is 4. The van der Waals surface area contributed by atoms with Crippen LogP contribution in [0.4, 0.5) is 5.69 Å². The van der Waals surface area contributed by atoms with E-state index in [1.807, 2.05) is 30.3 Å². The van der Waals surface area contributed by atoms with Crippen LogP contribution in [0.5, 0.6) is 0 Å². The fraction of sp³-hybridized carbons (Fsp3) is 0.118. The van der Waals surface area contributed by atoms with Gasteiger partial charge >= 0.3 is 5.97 Å². The molecule has 0 unspecified atom stereocenters. The van der Waals surface area contributed by atoms with Gasteiger partial charge in [-0.3, -0.25) is 4.79 Å². The zero-order chi connectivity index (χ0) is 15.5. The van der Waals surface area contributed by atoms with Crippen LogP contribution in [0.1, 0.15) is 22.3 Å². The summed E-state index contributed by atoms with van der Waals surface area (Å²) in [4.78, 5) is 23.8. The molecule has 0 aromatic heterocycles. The fourth-order valence-electron chi connectivity index (χ4n) is 2.30. The molecule has 3 rings (SSSR count). The SMILES string of the molecule is COC(=O)c1cccc(N2N=C(c3ccccc3)CC2=O)c1. The molecule has 0 saturated carbocycles. The molecule has 0 saturated heterocycles. The predicted octanol–water partition coefficient (Wildman–Crippen LogP) is 2.61. The summed E-state index contributed by atoms with van der Waals surface area (Å²) < 4.78 is 4.69. The standard InChI is InChI=1S/C17H14N2O3/c1-22-17(21)13-8-5-9-14(10-13)19-16(20)11-15(18-19)12-6-3-2-4-7-12/h2-10H,11H2,1H3. The normalized spacial score (nSPS) is 14.0. The number of ether oxygens (including phenoxy) is 1. The van der Waals surface area contributed by atoms with Crippen LogP contribution >= 0.6 is 0 Å². The van der Waals surface area contributed by atoms with Gasteiger partial charge in [0.2, 0.25) is 0 Å². The van der Waals surface area contributed by atoms with E-state index < -0.39 is 5.97 Å². The van der Waals surface area contributed by atoms with E-state index >= 15 is 0 Å². The molecule has 0 bridgehead atoms. The Morgan fingerprint density at radius 3 is 2.64 bits per heavy atom. The molecule has 1 aliphatic heterocycles. The van der Waals surface area contributed by atoms with Crippen LogP contribution < -0.4 is 5.01 Å². The van der Waals surface area contributed by atoms with E-state index in [4.69, 9.17) is 4.74 Å². The second kappa shape index (κ2) is 5.81. The first-order chi connectivity index (χ1) is 10.7. The van der Waals surface area contributed by atoms with Gasteiger partial charge in [0.15, 0.2) is 0 Å². The first kappa shape index (κ1) is 14.0. The minimum Gasteiger partial charge on any atom is -0.465 e. The highest BCUT2D eigenvalue weighted by Gasteiger charge is 2.26. The Kier molecular flexibility index (Phi) is 3.70. The first-order valence-electron chi connectivity index (χ1n) is 6.83. The van der Waals surface area contributed by atoms with E-state index in [9.17, 15) is 9.59 Å². The number of rotatable bonds is 3. The van der Waals surface area contributed by atoms with E-state index in [1.165, 1.54) is 12.1 Å². The van der Waals surface area contributed by atoms with Crippen molar-refractivity contribution in [2.75, 3.05) is 12.1 Å². The van der Waals surface area contributed by atoms with Crippen LogP contribution in [0.3, 0.4) is 0 Å². The number of carbonyl (C=O) groups excluding carboxylic acids is 2. The first-order valence-corrected chi connectivity index (χ1v) is 6.83. The van der Waals surface area contributed by atoms with Crippen molar-refractivity contribution in [2.24, 2.45) is 5.10 Å². The largest absolute Gasteiger partial charge is 0.465 e. The average Bonchev–Trinajstić information content (AvgIpc) is 2.97. The Hall–Kier alpha value is -2.95. The fourth-order valence-corrected chi connectivity index (χ4v) is 2.30. The maximum atomic E-state index is 12.2. The zero-order valence-corrected chi connectivity index (χ0v) is 12.0. The molecular weight excluding hydrogens is 280 g/mol. The lowest BCUT2D eigenvalue weighted by atomic mass is 10.1. The van der Waals surface area contributed by atoms with Crippen molar-refractivity contribution >= 4 is 23.3 Å². The molecule has 0 spiro atoms. The molecule has 110 valence electrons. The highest BCUT2D eigenvalue weighted by atomic mass is 16.5. The molecule has 1 amide bonds. The zero-order valence-electron chi connectivity index (χ0n) is 12.0. The Balaban J connectivity index is 1.93. The lowest BCUT2D eigenvalue weighted by Crippen LogP contribution is -2.19. The molecule has 0 fully saturated rings. The van der Waals surface area contributed by atoms with E-state index in [0.717, 1.165) is 5.56 Å². The van der Waals surface area contributed by atoms with Gasteiger partial charge in [-0.05, 0) is 23.8 Å². The third-order valence-corrected chi connectivity index (χ3v) is 3.39. The lowest BCUT2D eigenvalue weighted by molar-refractivity contribution is -0.116. The highest BCUT2D eigenvalue weighted by Crippen LogP contribution is 2.24. The van der Waals surface area contributed by atoms with Gasteiger partial charge in [0.1, 0.15) is 0 Å². The van der Waals surface area contributed by atoms with Gasteiger partial charge in [-0.15, -0.1) is 0 Å². The number of nitrogens with zero attached hydrogens (tertiary/aromatic N) is 2. The van der Waals surface area contributed by atoms with Crippen molar-refractivity contribution in [1.29, 1.82) is 0 Å². The Morgan fingerprint density at radius 1 is 1.14 bits per heavy atom. The van der Waals surface area contributed by atoms with E-state index in [1.54, 1.807) is 24.3 Å². The lowest BCUT2D eigenvalue weighted by Gasteiger charge is -2.12. The molecular formula is C17H14N2O3. The highest BCUT2D eigenvalue weighted by molar-refractivity contribution is 6.19. The quantitative estimate of drug-likeness (QED) is 0.818. The number of benzene rings is 2. The van der Waals surface area contributed by atoms with Crippen LogP contribution in [0.25, 0.3) is 0 Å². The molecule has 2 aromatic rings. The van der Waals surface area contributed by atoms with Gasteiger partial charge in [0.25, 0.3) is 5.91 Å². The third-order valence-electron chi connectivity index (χ3n) is 3.39. The topological polar surface area (TPSA) is 59.0 Å². The second-order valence-electron chi connectivity index (χ2n) is 4.84. The maximum Gasteiger partial charge on any atom is 0.337 e. The molecule has 1 heterocycles. The van der Waals surface area contributed by atoms with Crippen molar-refractivity contribution in [3.63, 3.8) is 0 Å². The molecule has 0 N–H and O–H groups in total. The van der Waals surface area contributed by atoms with Crippen LogP contribution in [0, 0.1) is 0 Å². The molecule has 1 aliphatic rings. The van der Waals surface area contributed by atoms with Crippen molar-refractivity contribution in [3.05, 3.63) is 65.7 Å². The van der Waals surface area contributed by atoms with Gasteiger partial charge in [0, 0.05) is 0 Å². The van der Waals surface area contributed by atoms with Crippen molar-refractivity contribution in [1.82, 2.24) is 0 Å². The Bertz CT molecular complexity index is 754. The molecule has 22 heavy (non-hydrogen) atoms. The number of methoxy groups -OCH3 is 1. The number of anilines is 1. The van der Waals surface area contributed by atoms with Gasteiger partial charge < -0.3 is 4.74 Å². The summed E-state index contributed by atoms with van der Waals surface area (Å²) in [6.07, 6.45) is 0.243. The van der Waals surface area contributed by atoms with E-state index in [2.05, 4.69) is 5.10 Å². The summed E-state index contributed by atoms with van der Waals surface area (Å²) in [5, 5.41) is 5.71. The summed E-state index contributed by atoms with van der Waals surface area (Å²) in [6.45, 7) is 0. The summed E-state index contributed by atoms with van der Waals surface area (Å²) in [6, 6.07) is 16.2. The minimum absolute atomic E-state index is 0.124. The monoisotopic (exact) mass is 294 g/mol. The van der Waals surface area contributed by atoms with Crippen LogP contribution in [0.2, 0.25) is 0 Å². The summed E-state index contributed by atoms with van der Waals surface area (Å²) in [5.74, 6) is -0.568. The predicted molar refractivity (Wildman–Crippen MR) is 82.9 cm³/mol. The molecule has 0 radical (unpaired) electrons. The number of hydrazone groups is 1. The molecule has 0 atom stereocenters. The maximum absolute atomic E-state index is 12.2. The Labute approximate surface area is 127 Å². The second-order valence-corrected chi connectivity index (χ2v) is 4.84. The number of esters is 1. The summed E-state index contributed by atoms with van der Waals surface area (Å²) in [5.41, 5.74) is 2.58. The van der Waals surface area contributed by atoms with Crippen molar-refractivity contribution < 1.29 is 14.3 Å². The van der Waals surface area contributed by atoms with Gasteiger partial charge in [-0.25, -0.2) is 9.80 Å². The van der Waals surface area contributed by atoms with Gasteiger partial charge in [-0.1, -0.05) is 36.4 Å². The van der Waals surface area contributed by atoms with Gasteiger partial charge in [-0.2, -0.15) is 5.10 Å². The van der Waals surface area contributed by atoms with Crippen molar-refractivity contribution in [3.8, 4) is 0 Å².